The molecule has 1 N–H and O–H groups in total. The fourth-order valence-corrected chi connectivity index (χ4v) is 1.55. The van der Waals surface area contributed by atoms with Crippen molar-refractivity contribution in [3.8, 4) is 0 Å². The van der Waals surface area contributed by atoms with Crippen LogP contribution in [0.4, 0.5) is 4.79 Å². The van der Waals surface area contributed by atoms with E-state index in [9.17, 15) is 4.79 Å². The predicted molar refractivity (Wildman–Crippen MR) is 58.7 cm³/mol. The minimum Gasteiger partial charge on any atom is -0.322 e. The summed E-state index contributed by atoms with van der Waals surface area (Å²) in [4.78, 5) is 12.6. The second-order valence-electron chi connectivity index (χ2n) is 2.28. The Kier molecular flexibility index (Phi) is 6.49. The first-order valence-electron chi connectivity index (χ1n) is 4.57. The van der Waals surface area contributed by atoms with E-state index in [2.05, 4.69) is 12.2 Å². The van der Waals surface area contributed by atoms with Crippen molar-refractivity contribution >= 4 is 17.8 Å². The maximum absolute atomic E-state index is 11.0. The number of amides is 2. The molecule has 0 bridgehead atoms. The molecule has 1 unspecified atom stereocenters. The number of urea groups is 1. The molecular weight excluding hydrogens is 184 g/mol. The fraction of sp³-hybridized carbons (Fsp3) is 0.667. The van der Waals surface area contributed by atoms with Crippen LogP contribution in [-0.4, -0.2) is 29.1 Å². The van der Waals surface area contributed by atoms with Gasteiger partial charge in [-0.05, 0) is 11.8 Å². The van der Waals surface area contributed by atoms with Crippen LogP contribution in [0.3, 0.4) is 0 Å². The molecule has 0 aromatic heterocycles. The van der Waals surface area contributed by atoms with E-state index >= 15 is 0 Å². The predicted octanol–water partition coefficient (Wildman–Crippen LogP) is 2.26. The van der Waals surface area contributed by atoms with E-state index in [4.69, 9.17) is 0 Å². The molecule has 76 valence electrons. The number of hydrogen-bond acceptors (Lipinski definition) is 2. The number of nitrogens with zero attached hydrogens (tertiary/aromatic N) is 1. The maximum atomic E-state index is 11.0. The Labute approximate surface area is 84.6 Å². The normalized spacial score (nSPS) is 20.5. The van der Waals surface area contributed by atoms with Gasteiger partial charge in [-0.25, -0.2) is 4.79 Å². The third-order valence-electron chi connectivity index (χ3n) is 1.42. The van der Waals surface area contributed by atoms with Gasteiger partial charge in [0.1, 0.15) is 0 Å². The summed E-state index contributed by atoms with van der Waals surface area (Å²) in [5.74, 6) is 1.01. The van der Waals surface area contributed by atoms with Gasteiger partial charge in [0.05, 0.1) is 5.37 Å². The van der Waals surface area contributed by atoms with Crippen LogP contribution in [0.25, 0.3) is 0 Å². The molecule has 3 nitrogen and oxygen atoms in total. The number of rotatable bonds is 2. The lowest BCUT2D eigenvalue weighted by Crippen LogP contribution is -2.42. The van der Waals surface area contributed by atoms with E-state index in [1.54, 1.807) is 25.0 Å². The molecule has 0 aromatic rings. The van der Waals surface area contributed by atoms with Crippen molar-refractivity contribution < 1.29 is 4.79 Å². The molecule has 0 saturated heterocycles. The van der Waals surface area contributed by atoms with E-state index in [-0.39, 0.29) is 11.4 Å². The zero-order chi connectivity index (χ0) is 10.3. The Morgan fingerprint density at radius 3 is 2.69 bits per heavy atom. The monoisotopic (exact) mass is 202 g/mol. The van der Waals surface area contributed by atoms with Gasteiger partial charge in [-0.15, -0.1) is 11.8 Å². The van der Waals surface area contributed by atoms with E-state index < -0.39 is 0 Å². The highest BCUT2D eigenvalue weighted by Gasteiger charge is 2.15. The smallest absolute Gasteiger partial charge is 0.322 e. The maximum Gasteiger partial charge on any atom is 0.322 e. The lowest BCUT2D eigenvalue weighted by Gasteiger charge is -2.23. The van der Waals surface area contributed by atoms with Crippen molar-refractivity contribution in [2.24, 2.45) is 0 Å². The van der Waals surface area contributed by atoms with Gasteiger partial charge in [0, 0.05) is 13.2 Å². The summed E-state index contributed by atoms with van der Waals surface area (Å²) in [6.45, 7) is 6.07. The van der Waals surface area contributed by atoms with Crippen LogP contribution in [0.2, 0.25) is 0 Å². The van der Waals surface area contributed by atoms with Crippen LogP contribution in [-0.2, 0) is 0 Å². The summed E-state index contributed by atoms with van der Waals surface area (Å²) in [6.07, 6.45) is 3.78. The van der Waals surface area contributed by atoms with Crippen LogP contribution >= 0.6 is 11.8 Å². The third kappa shape index (κ3) is 4.22. The first kappa shape index (κ1) is 12.4. The molecule has 1 atom stereocenters. The van der Waals surface area contributed by atoms with Crippen molar-refractivity contribution in [3.63, 3.8) is 0 Å². The Morgan fingerprint density at radius 1 is 1.62 bits per heavy atom. The van der Waals surface area contributed by atoms with Crippen LogP contribution < -0.4 is 5.32 Å². The highest BCUT2D eigenvalue weighted by atomic mass is 32.2. The average Bonchev–Trinajstić information content (AvgIpc) is 2.15. The Bertz CT molecular complexity index is 182. The standard InChI is InChI=1S/C7H12N2OS.C2H6/c1-3-11-6-4-5-9(2)7(10)8-6;1-2/h4-6H,3H2,1-2H3,(H,8,10);1-2H3. The van der Waals surface area contributed by atoms with Crippen molar-refractivity contribution in [3.05, 3.63) is 12.3 Å². The quantitative estimate of drug-likeness (QED) is 0.745. The molecule has 0 spiro atoms. The molecule has 1 heterocycles. The molecule has 13 heavy (non-hydrogen) atoms. The highest BCUT2D eigenvalue weighted by Crippen LogP contribution is 2.12. The van der Waals surface area contributed by atoms with Crippen molar-refractivity contribution in [1.29, 1.82) is 0 Å². The fourth-order valence-electron chi connectivity index (χ4n) is 0.823. The van der Waals surface area contributed by atoms with Gasteiger partial charge < -0.3 is 10.2 Å². The Hall–Kier alpha value is -0.640. The number of thioether (sulfide) groups is 1. The number of carbonyl (C=O) groups excluding carboxylic acids is 1. The van der Waals surface area contributed by atoms with Crippen molar-refractivity contribution in [1.82, 2.24) is 10.2 Å². The molecule has 4 heteroatoms. The summed E-state index contributed by atoms with van der Waals surface area (Å²) < 4.78 is 0. The van der Waals surface area contributed by atoms with E-state index in [0.717, 1.165) is 5.75 Å². The zero-order valence-corrected chi connectivity index (χ0v) is 9.52. The van der Waals surface area contributed by atoms with Gasteiger partial charge in [-0.2, -0.15) is 0 Å². The summed E-state index contributed by atoms with van der Waals surface area (Å²) in [5, 5.41) is 2.99. The molecule has 1 rings (SSSR count). The van der Waals surface area contributed by atoms with E-state index in [1.165, 1.54) is 4.90 Å². The first-order chi connectivity index (χ1) is 6.24. The molecule has 0 aliphatic carbocycles. The van der Waals surface area contributed by atoms with Gasteiger partial charge in [-0.1, -0.05) is 20.8 Å². The molecule has 1 aliphatic rings. The van der Waals surface area contributed by atoms with Crippen LogP contribution in [0.15, 0.2) is 12.3 Å². The molecule has 2 amide bonds. The number of hydrogen-bond donors (Lipinski definition) is 1. The summed E-state index contributed by atoms with van der Waals surface area (Å²) in [7, 11) is 1.73. The van der Waals surface area contributed by atoms with Crippen LogP contribution in [0.1, 0.15) is 20.8 Å². The molecule has 0 fully saturated rings. The summed E-state index contributed by atoms with van der Waals surface area (Å²) in [5.41, 5.74) is 0. The van der Waals surface area contributed by atoms with Crippen molar-refractivity contribution in [2.75, 3.05) is 12.8 Å². The second kappa shape index (κ2) is 6.83. The molecule has 0 radical (unpaired) electrons. The van der Waals surface area contributed by atoms with Gasteiger partial charge in [0.15, 0.2) is 0 Å². The number of carbonyl (C=O) groups is 1. The Balaban J connectivity index is 0.000000671. The van der Waals surface area contributed by atoms with Gasteiger partial charge in [0.25, 0.3) is 0 Å². The highest BCUT2D eigenvalue weighted by molar-refractivity contribution is 8.00. The minimum atomic E-state index is -0.0292. The van der Waals surface area contributed by atoms with Crippen LogP contribution in [0, 0.1) is 0 Å². The average molecular weight is 202 g/mol. The van der Waals surface area contributed by atoms with E-state index in [0.29, 0.717) is 0 Å². The summed E-state index contributed by atoms with van der Waals surface area (Å²) in [6, 6.07) is -0.0292. The molecular formula is C9H18N2OS. The number of nitrogens with one attached hydrogen (secondary N) is 1. The molecule has 1 aliphatic heterocycles. The SMILES string of the molecule is CC.CCSC1C=CN(C)C(=O)N1. The third-order valence-corrected chi connectivity index (χ3v) is 2.38. The topological polar surface area (TPSA) is 32.3 Å². The largest absolute Gasteiger partial charge is 0.322 e. The summed E-state index contributed by atoms with van der Waals surface area (Å²) >= 11 is 1.71. The van der Waals surface area contributed by atoms with Crippen LogP contribution in [0.5, 0.6) is 0 Å². The minimum absolute atomic E-state index is 0.0292. The van der Waals surface area contributed by atoms with Gasteiger partial charge in [0.2, 0.25) is 0 Å². The first-order valence-corrected chi connectivity index (χ1v) is 5.62. The lowest BCUT2D eigenvalue weighted by atomic mass is 10.5. The molecule has 0 saturated carbocycles. The van der Waals surface area contributed by atoms with Gasteiger partial charge >= 0.3 is 6.03 Å². The van der Waals surface area contributed by atoms with E-state index in [1.807, 2.05) is 19.9 Å². The van der Waals surface area contributed by atoms with Gasteiger partial charge in [-0.3, -0.25) is 0 Å². The molecule has 0 aromatic carbocycles. The zero-order valence-electron chi connectivity index (χ0n) is 8.70. The van der Waals surface area contributed by atoms with Crippen molar-refractivity contribution in [2.45, 2.75) is 26.1 Å². The lowest BCUT2D eigenvalue weighted by molar-refractivity contribution is 0.220. The Morgan fingerprint density at radius 2 is 2.23 bits per heavy atom. The second-order valence-corrected chi connectivity index (χ2v) is 3.70.